The minimum atomic E-state index is 0.930. The average molecular weight is 325 g/mol. The first kappa shape index (κ1) is 13.7. The number of thiazole rings is 1. The van der Waals surface area contributed by atoms with E-state index in [-0.39, 0.29) is 0 Å². The van der Waals surface area contributed by atoms with E-state index >= 15 is 0 Å². The van der Waals surface area contributed by atoms with Crippen molar-refractivity contribution in [3.05, 3.63) is 50.4 Å². The number of hydrogen-bond acceptors (Lipinski definition) is 3. The second-order valence-corrected chi connectivity index (χ2v) is 6.00. The maximum atomic E-state index is 4.67. The minimum Gasteiger partial charge on any atom is -0.317 e. The van der Waals surface area contributed by atoms with Gasteiger partial charge in [-0.05, 0) is 24.2 Å². The molecule has 96 valence electrons. The van der Waals surface area contributed by atoms with Crippen LogP contribution < -0.4 is 5.32 Å². The van der Waals surface area contributed by atoms with Crippen molar-refractivity contribution in [2.24, 2.45) is 0 Å². The third-order valence-corrected chi connectivity index (χ3v) is 4.10. The molecule has 0 amide bonds. The van der Waals surface area contributed by atoms with Gasteiger partial charge in [0, 0.05) is 29.2 Å². The van der Waals surface area contributed by atoms with Crippen LogP contribution in [0, 0.1) is 0 Å². The van der Waals surface area contributed by atoms with E-state index in [1.165, 1.54) is 16.3 Å². The Morgan fingerprint density at radius 1 is 1.28 bits per heavy atom. The molecule has 4 heteroatoms. The van der Waals surface area contributed by atoms with Crippen LogP contribution in [0.2, 0.25) is 0 Å². The van der Waals surface area contributed by atoms with E-state index in [0.29, 0.717) is 0 Å². The van der Waals surface area contributed by atoms with Crippen LogP contribution in [0.5, 0.6) is 0 Å². The smallest absolute Gasteiger partial charge is 0.0972 e. The van der Waals surface area contributed by atoms with Crippen LogP contribution in [0.1, 0.15) is 23.2 Å². The minimum absolute atomic E-state index is 0.930. The highest BCUT2D eigenvalue weighted by atomic mass is 79.9. The SMILES string of the molecule is CCNCCc1csc(Cc2ccc(Br)cc2)n1. The van der Waals surface area contributed by atoms with Crippen LogP contribution >= 0.6 is 27.3 Å². The first-order valence-corrected chi connectivity index (χ1v) is 7.83. The van der Waals surface area contributed by atoms with E-state index in [9.17, 15) is 0 Å². The van der Waals surface area contributed by atoms with Crippen molar-refractivity contribution >= 4 is 27.3 Å². The van der Waals surface area contributed by atoms with Crippen molar-refractivity contribution in [2.45, 2.75) is 19.8 Å². The molecular formula is C14H17BrN2S. The van der Waals surface area contributed by atoms with Crippen LogP contribution in [0.3, 0.4) is 0 Å². The van der Waals surface area contributed by atoms with Gasteiger partial charge in [0.1, 0.15) is 0 Å². The van der Waals surface area contributed by atoms with E-state index in [1.807, 2.05) is 0 Å². The van der Waals surface area contributed by atoms with Crippen LogP contribution in [-0.2, 0) is 12.8 Å². The molecule has 1 aromatic carbocycles. The summed E-state index contributed by atoms with van der Waals surface area (Å²) in [6, 6.07) is 8.44. The van der Waals surface area contributed by atoms with E-state index < -0.39 is 0 Å². The Bertz CT molecular complexity index is 479. The molecule has 0 bridgehead atoms. The fourth-order valence-electron chi connectivity index (χ4n) is 1.72. The van der Waals surface area contributed by atoms with E-state index in [4.69, 9.17) is 0 Å². The molecule has 18 heavy (non-hydrogen) atoms. The summed E-state index contributed by atoms with van der Waals surface area (Å²) in [5.41, 5.74) is 2.51. The fraction of sp³-hybridized carbons (Fsp3) is 0.357. The number of benzene rings is 1. The highest BCUT2D eigenvalue weighted by Gasteiger charge is 2.03. The highest BCUT2D eigenvalue weighted by Crippen LogP contribution is 2.17. The van der Waals surface area contributed by atoms with Gasteiger partial charge in [-0.1, -0.05) is 35.0 Å². The summed E-state index contributed by atoms with van der Waals surface area (Å²) in [7, 11) is 0. The third-order valence-electron chi connectivity index (χ3n) is 2.68. The molecule has 0 saturated carbocycles. The average Bonchev–Trinajstić information content (AvgIpc) is 2.80. The van der Waals surface area contributed by atoms with E-state index in [1.54, 1.807) is 11.3 Å². The summed E-state index contributed by atoms with van der Waals surface area (Å²) in [6.45, 7) is 4.16. The lowest BCUT2D eigenvalue weighted by Gasteiger charge is -1.99. The van der Waals surface area contributed by atoms with Crippen LogP contribution in [0.4, 0.5) is 0 Å². The molecule has 0 aliphatic carbocycles. The Balaban J connectivity index is 1.91. The maximum absolute atomic E-state index is 4.67. The number of nitrogens with one attached hydrogen (secondary N) is 1. The molecule has 0 aliphatic rings. The normalized spacial score (nSPS) is 10.8. The summed E-state index contributed by atoms with van der Waals surface area (Å²) in [5, 5.41) is 6.69. The zero-order chi connectivity index (χ0) is 12.8. The fourth-order valence-corrected chi connectivity index (χ4v) is 2.84. The molecule has 1 N–H and O–H groups in total. The Morgan fingerprint density at radius 2 is 2.06 bits per heavy atom. The van der Waals surface area contributed by atoms with Crippen LogP contribution in [0.25, 0.3) is 0 Å². The van der Waals surface area contributed by atoms with Gasteiger partial charge in [0.15, 0.2) is 0 Å². The molecular weight excluding hydrogens is 308 g/mol. The van der Waals surface area contributed by atoms with Gasteiger partial charge in [-0.2, -0.15) is 0 Å². The first-order valence-electron chi connectivity index (χ1n) is 6.16. The number of likely N-dealkylation sites (N-methyl/N-ethyl adjacent to an activating group) is 1. The van der Waals surface area contributed by atoms with Crippen molar-refractivity contribution in [3.63, 3.8) is 0 Å². The van der Waals surface area contributed by atoms with Gasteiger partial charge >= 0.3 is 0 Å². The van der Waals surface area contributed by atoms with Crippen molar-refractivity contribution in [3.8, 4) is 0 Å². The lowest BCUT2D eigenvalue weighted by molar-refractivity contribution is 0.709. The Kier molecular flexibility index (Phi) is 5.35. The van der Waals surface area contributed by atoms with Gasteiger partial charge in [-0.15, -0.1) is 11.3 Å². The first-order chi connectivity index (χ1) is 8.78. The molecule has 1 aromatic heterocycles. The van der Waals surface area contributed by atoms with Gasteiger partial charge in [-0.25, -0.2) is 4.98 Å². The second kappa shape index (κ2) is 7.02. The van der Waals surface area contributed by atoms with E-state index in [2.05, 4.69) is 62.8 Å². The number of halogens is 1. The van der Waals surface area contributed by atoms with Crippen LogP contribution in [-0.4, -0.2) is 18.1 Å². The number of nitrogens with zero attached hydrogens (tertiary/aromatic N) is 1. The van der Waals surface area contributed by atoms with Gasteiger partial charge in [0.25, 0.3) is 0 Å². The Morgan fingerprint density at radius 3 is 2.78 bits per heavy atom. The lowest BCUT2D eigenvalue weighted by Crippen LogP contribution is -2.16. The number of rotatable bonds is 6. The largest absolute Gasteiger partial charge is 0.317 e. The third kappa shape index (κ3) is 4.19. The molecule has 2 rings (SSSR count). The van der Waals surface area contributed by atoms with Gasteiger partial charge < -0.3 is 5.32 Å². The topological polar surface area (TPSA) is 24.9 Å². The number of aromatic nitrogens is 1. The Hall–Kier alpha value is -0.710. The second-order valence-electron chi connectivity index (χ2n) is 4.14. The molecule has 0 saturated heterocycles. The summed E-state index contributed by atoms with van der Waals surface area (Å²) in [4.78, 5) is 4.67. The monoisotopic (exact) mass is 324 g/mol. The maximum Gasteiger partial charge on any atom is 0.0972 e. The summed E-state index contributed by atoms with van der Waals surface area (Å²) >= 11 is 5.21. The van der Waals surface area contributed by atoms with Gasteiger partial charge in [0.2, 0.25) is 0 Å². The summed E-state index contributed by atoms with van der Waals surface area (Å²) < 4.78 is 1.12. The predicted molar refractivity (Wildman–Crippen MR) is 81.3 cm³/mol. The molecule has 2 aromatic rings. The van der Waals surface area contributed by atoms with E-state index in [0.717, 1.165) is 30.4 Å². The molecule has 0 spiro atoms. The molecule has 0 fully saturated rings. The van der Waals surface area contributed by atoms with Crippen molar-refractivity contribution in [2.75, 3.05) is 13.1 Å². The summed E-state index contributed by atoms with van der Waals surface area (Å²) in [5.74, 6) is 0. The zero-order valence-corrected chi connectivity index (χ0v) is 12.9. The van der Waals surface area contributed by atoms with Gasteiger partial charge in [-0.3, -0.25) is 0 Å². The predicted octanol–water partition coefficient (Wildman–Crippen LogP) is 3.65. The molecule has 2 nitrogen and oxygen atoms in total. The molecule has 0 atom stereocenters. The molecule has 0 aliphatic heterocycles. The number of hydrogen-bond donors (Lipinski definition) is 1. The van der Waals surface area contributed by atoms with Crippen LogP contribution in [0.15, 0.2) is 34.1 Å². The molecule has 0 unspecified atom stereocenters. The zero-order valence-electron chi connectivity index (χ0n) is 10.4. The molecule has 1 heterocycles. The quantitative estimate of drug-likeness (QED) is 0.820. The standard InChI is InChI=1S/C14H17BrN2S/c1-2-16-8-7-13-10-18-14(17-13)9-11-3-5-12(15)6-4-11/h3-6,10,16H,2,7-9H2,1H3. The summed E-state index contributed by atoms with van der Waals surface area (Å²) in [6.07, 6.45) is 1.95. The van der Waals surface area contributed by atoms with Crippen molar-refractivity contribution in [1.82, 2.24) is 10.3 Å². The van der Waals surface area contributed by atoms with Crippen molar-refractivity contribution in [1.29, 1.82) is 0 Å². The Labute approximate surface area is 121 Å². The molecule has 0 radical (unpaired) electrons. The lowest BCUT2D eigenvalue weighted by atomic mass is 10.2. The highest BCUT2D eigenvalue weighted by molar-refractivity contribution is 9.10. The van der Waals surface area contributed by atoms with Crippen molar-refractivity contribution < 1.29 is 0 Å². The van der Waals surface area contributed by atoms with Gasteiger partial charge in [0.05, 0.1) is 10.7 Å².